The smallest absolute Gasteiger partial charge is 0.254 e. The van der Waals surface area contributed by atoms with Gasteiger partial charge in [-0.15, -0.1) is 0 Å². The minimum Gasteiger partial charge on any atom is -0.508 e. The Balaban J connectivity index is 1.59. The molecule has 0 heterocycles. The average molecular weight is 523 g/mol. The molecule has 0 saturated carbocycles. The van der Waals surface area contributed by atoms with Crippen molar-refractivity contribution in [2.75, 3.05) is 12.4 Å². The molecular formula is C33H34N2O4. The van der Waals surface area contributed by atoms with E-state index in [2.05, 4.69) is 5.32 Å². The zero-order chi connectivity index (χ0) is 28.1. The van der Waals surface area contributed by atoms with Crippen molar-refractivity contribution >= 4 is 17.5 Å². The maximum Gasteiger partial charge on any atom is 0.254 e. The number of benzene rings is 4. The predicted octanol–water partition coefficient (Wildman–Crippen LogP) is 7.38. The van der Waals surface area contributed by atoms with Gasteiger partial charge in [-0.1, -0.05) is 62.4 Å². The summed E-state index contributed by atoms with van der Waals surface area (Å²) in [5, 5.41) is 13.2. The lowest BCUT2D eigenvalue weighted by Gasteiger charge is -2.28. The van der Waals surface area contributed by atoms with Crippen LogP contribution >= 0.6 is 0 Å². The van der Waals surface area contributed by atoms with E-state index in [4.69, 9.17) is 4.74 Å². The van der Waals surface area contributed by atoms with Crippen LogP contribution < -0.4 is 10.1 Å². The number of anilines is 1. The summed E-state index contributed by atoms with van der Waals surface area (Å²) in [6, 6.07) is 26.3. The quantitative estimate of drug-likeness (QED) is 0.253. The van der Waals surface area contributed by atoms with E-state index in [1.54, 1.807) is 43.4 Å². The van der Waals surface area contributed by atoms with Crippen LogP contribution in [0.3, 0.4) is 0 Å². The highest BCUT2D eigenvalue weighted by atomic mass is 16.5. The van der Waals surface area contributed by atoms with Gasteiger partial charge < -0.3 is 20.1 Å². The van der Waals surface area contributed by atoms with E-state index in [9.17, 15) is 14.7 Å². The van der Waals surface area contributed by atoms with Crippen LogP contribution in [-0.2, 0) is 4.79 Å². The monoisotopic (exact) mass is 522 g/mol. The molecule has 0 aromatic heterocycles. The van der Waals surface area contributed by atoms with E-state index in [1.807, 2.05) is 82.3 Å². The minimum atomic E-state index is -0.832. The SMILES string of the molecule is Cc1cc(NC(=O)[C@@H](c2ccccc2)N(C)C(=O)c2ccccc2)cc(C)c1Oc1ccc(O)c(C(C)C)c1. The average Bonchev–Trinajstić information content (AvgIpc) is 2.92. The fourth-order valence-corrected chi connectivity index (χ4v) is 4.66. The molecule has 0 aliphatic carbocycles. The molecule has 0 bridgehead atoms. The summed E-state index contributed by atoms with van der Waals surface area (Å²) in [6.07, 6.45) is 0. The normalized spacial score (nSPS) is 11.6. The number of amides is 2. The molecule has 6 heteroatoms. The number of aryl methyl sites for hydroxylation is 2. The molecule has 0 spiro atoms. The van der Waals surface area contributed by atoms with Crippen molar-refractivity contribution in [2.45, 2.75) is 39.7 Å². The van der Waals surface area contributed by atoms with Crippen LogP contribution in [0.1, 0.15) is 58.4 Å². The number of hydrogen-bond acceptors (Lipinski definition) is 4. The molecule has 4 rings (SSSR count). The lowest BCUT2D eigenvalue weighted by molar-refractivity contribution is -0.120. The van der Waals surface area contributed by atoms with Gasteiger partial charge in [0.25, 0.3) is 11.8 Å². The van der Waals surface area contributed by atoms with Crippen molar-refractivity contribution < 1.29 is 19.4 Å². The number of nitrogens with zero attached hydrogens (tertiary/aromatic N) is 1. The number of carbonyl (C=O) groups is 2. The zero-order valence-corrected chi connectivity index (χ0v) is 22.9. The second kappa shape index (κ2) is 11.9. The molecule has 2 amide bonds. The van der Waals surface area contributed by atoms with Crippen LogP contribution in [0.2, 0.25) is 0 Å². The summed E-state index contributed by atoms with van der Waals surface area (Å²) in [7, 11) is 1.64. The Morgan fingerprint density at radius 1 is 0.846 bits per heavy atom. The number of phenolic OH excluding ortho intramolecular Hbond substituents is 1. The number of aromatic hydroxyl groups is 1. The highest BCUT2D eigenvalue weighted by Gasteiger charge is 2.29. The van der Waals surface area contributed by atoms with Crippen LogP contribution in [-0.4, -0.2) is 28.9 Å². The van der Waals surface area contributed by atoms with Gasteiger partial charge >= 0.3 is 0 Å². The molecule has 0 unspecified atom stereocenters. The third-order valence-corrected chi connectivity index (χ3v) is 6.66. The first-order valence-corrected chi connectivity index (χ1v) is 13.0. The molecule has 0 radical (unpaired) electrons. The van der Waals surface area contributed by atoms with Gasteiger partial charge in [-0.05, 0) is 78.9 Å². The van der Waals surface area contributed by atoms with Gasteiger partial charge in [0.2, 0.25) is 0 Å². The molecular weight excluding hydrogens is 488 g/mol. The fraction of sp³-hybridized carbons (Fsp3) is 0.212. The van der Waals surface area contributed by atoms with E-state index in [-0.39, 0.29) is 23.5 Å². The number of rotatable bonds is 8. The highest BCUT2D eigenvalue weighted by molar-refractivity contribution is 6.01. The minimum absolute atomic E-state index is 0.151. The van der Waals surface area contributed by atoms with Gasteiger partial charge in [-0.2, -0.15) is 0 Å². The lowest BCUT2D eigenvalue weighted by Crippen LogP contribution is -2.38. The molecule has 6 nitrogen and oxygen atoms in total. The summed E-state index contributed by atoms with van der Waals surface area (Å²) >= 11 is 0. The molecule has 4 aromatic rings. The first-order chi connectivity index (χ1) is 18.7. The van der Waals surface area contributed by atoms with E-state index in [0.29, 0.717) is 28.3 Å². The summed E-state index contributed by atoms with van der Waals surface area (Å²) < 4.78 is 6.20. The van der Waals surface area contributed by atoms with Gasteiger partial charge in [0.15, 0.2) is 0 Å². The van der Waals surface area contributed by atoms with E-state index < -0.39 is 6.04 Å². The Hall–Kier alpha value is -4.58. The van der Waals surface area contributed by atoms with Crippen molar-refractivity contribution in [1.82, 2.24) is 4.90 Å². The Labute approximate surface area is 229 Å². The van der Waals surface area contributed by atoms with Crippen molar-refractivity contribution in [3.05, 3.63) is 119 Å². The summed E-state index contributed by atoms with van der Waals surface area (Å²) in [6.45, 7) is 7.86. The molecule has 1 atom stereocenters. The lowest BCUT2D eigenvalue weighted by atomic mass is 10.0. The Kier molecular flexibility index (Phi) is 8.35. The Bertz CT molecular complexity index is 1440. The number of nitrogens with one attached hydrogen (secondary N) is 1. The van der Waals surface area contributed by atoms with Crippen molar-refractivity contribution in [2.24, 2.45) is 0 Å². The first-order valence-electron chi connectivity index (χ1n) is 13.0. The molecule has 0 aliphatic heterocycles. The molecule has 0 aliphatic rings. The van der Waals surface area contributed by atoms with E-state index >= 15 is 0 Å². The van der Waals surface area contributed by atoms with Crippen LogP contribution in [0.5, 0.6) is 17.2 Å². The molecule has 2 N–H and O–H groups in total. The summed E-state index contributed by atoms with van der Waals surface area (Å²) in [4.78, 5) is 28.4. The van der Waals surface area contributed by atoms with Gasteiger partial charge in [-0.25, -0.2) is 0 Å². The summed E-state index contributed by atoms with van der Waals surface area (Å²) in [5.74, 6) is 1.14. The third-order valence-electron chi connectivity index (χ3n) is 6.66. The third kappa shape index (κ3) is 6.29. The Morgan fingerprint density at radius 3 is 2.03 bits per heavy atom. The molecule has 0 saturated heterocycles. The van der Waals surface area contributed by atoms with Gasteiger partial charge in [-0.3, -0.25) is 9.59 Å². The molecule has 39 heavy (non-hydrogen) atoms. The molecule has 200 valence electrons. The maximum atomic E-state index is 13.7. The molecule has 4 aromatic carbocycles. The van der Waals surface area contributed by atoms with Gasteiger partial charge in [0.05, 0.1) is 0 Å². The fourth-order valence-electron chi connectivity index (χ4n) is 4.66. The molecule has 0 fully saturated rings. The van der Waals surface area contributed by atoms with E-state index in [0.717, 1.165) is 16.7 Å². The predicted molar refractivity (Wildman–Crippen MR) is 155 cm³/mol. The zero-order valence-electron chi connectivity index (χ0n) is 22.9. The van der Waals surface area contributed by atoms with Crippen LogP contribution in [0.15, 0.2) is 91.0 Å². The van der Waals surface area contributed by atoms with Crippen molar-refractivity contribution in [1.29, 1.82) is 0 Å². The topological polar surface area (TPSA) is 78.9 Å². The highest BCUT2D eigenvalue weighted by Crippen LogP contribution is 2.35. The Morgan fingerprint density at radius 2 is 1.44 bits per heavy atom. The van der Waals surface area contributed by atoms with E-state index in [1.165, 1.54) is 4.90 Å². The standard InChI is InChI=1S/C33H34N2O4/c1-21(2)28-20-27(16-17-29(28)36)39-31-22(3)18-26(19-23(31)4)34-32(37)30(24-12-8-6-9-13-24)35(5)33(38)25-14-10-7-11-15-25/h6-21,30,36H,1-5H3,(H,34,37)/t30-/m1/s1. The number of carbonyl (C=O) groups excluding carboxylic acids is 2. The van der Waals surface area contributed by atoms with Crippen molar-refractivity contribution in [3.63, 3.8) is 0 Å². The van der Waals surface area contributed by atoms with Crippen LogP contribution in [0.4, 0.5) is 5.69 Å². The largest absolute Gasteiger partial charge is 0.508 e. The van der Waals surface area contributed by atoms with Gasteiger partial charge in [0, 0.05) is 23.9 Å². The summed E-state index contributed by atoms with van der Waals surface area (Å²) in [5.41, 5.74) is 4.33. The second-order valence-electron chi connectivity index (χ2n) is 10.0. The first kappa shape index (κ1) is 27.5. The maximum absolute atomic E-state index is 13.7. The van der Waals surface area contributed by atoms with Crippen LogP contribution in [0.25, 0.3) is 0 Å². The number of hydrogen-bond donors (Lipinski definition) is 2. The number of likely N-dealkylation sites (N-methyl/N-ethyl adjacent to an activating group) is 1. The van der Waals surface area contributed by atoms with Crippen LogP contribution in [0, 0.1) is 13.8 Å². The van der Waals surface area contributed by atoms with Crippen molar-refractivity contribution in [3.8, 4) is 17.2 Å². The second-order valence-corrected chi connectivity index (χ2v) is 10.0. The number of ether oxygens (including phenoxy) is 1. The van der Waals surface area contributed by atoms with Gasteiger partial charge in [0.1, 0.15) is 23.3 Å². The number of phenols is 1.